The highest BCUT2D eigenvalue weighted by molar-refractivity contribution is 5.12. The van der Waals surface area contributed by atoms with Crippen LogP contribution in [0.25, 0.3) is 0 Å². The molecule has 256 valence electrons. The molecule has 0 aromatic rings. The molecule has 0 aliphatic carbocycles. The van der Waals surface area contributed by atoms with Gasteiger partial charge in [0, 0.05) is 0 Å². The zero-order chi connectivity index (χ0) is 33.8. The van der Waals surface area contributed by atoms with Crippen molar-refractivity contribution in [3.05, 3.63) is 24.3 Å². The molecule has 0 spiro atoms. The fourth-order valence-electron chi connectivity index (χ4n) is 7.55. The SMILES string of the molecule is C=C(C(C)CC(C)(C)C)C(CCCCC(C)CC(C)(C)C)OC(CCCCC(C)CC(C)(C)C)C(=C)C(C)CC(C)(C)C. The van der Waals surface area contributed by atoms with Crippen molar-refractivity contribution < 1.29 is 4.74 Å². The van der Waals surface area contributed by atoms with E-state index in [1.54, 1.807) is 0 Å². The second-order valence-electron chi connectivity index (χ2n) is 19.9. The van der Waals surface area contributed by atoms with Gasteiger partial charge in [0.1, 0.15) is 0 Å². The summed E-state index contributed by atoms with van der Waals surface area (Å²) in [6.07, 6.45) is 14.8. The third-order valence-corrected chi connectivity index (χ3v) is 9.01. The Bertz CT molecular complexity index is 708. The summed E-state index contributed by atoms with van der Waals surface area (Å²) in [5.41, 5.74) is 3.98. The fraction of sp³-hybridized carbons (Fsp3) is 0.905. The van der Waals surface area contributed by atoms with E-state index in [0.29, 0.717) is 22.7 Å². The van der Waals surface area contributed by atoms with Crippen molar-refractivity contribution in [1.82, 2.24) is 0 Å². The summed E-state index contributed by atoms with van der Waals surface area (Å²) in [6, 6.07) is 0. The fourth-order valence-corrected chi connectivity index (χ4v) is 7.55. The first-order chi connectivity index (χ1) is 19.3. The molecule has 0 radical (unpaired) electrons. The van der Waals surface area contributed by atoms with Gasteiger partial charge in [0.2, 0.25) is 0 Å². The van der Waals surface area contributed by atoms with Gasteiger partial charge >= 0.3 is 0 Å². The van der Waals surface area contributed by atoms with Gasteiger partial charge in [-0.1, -0.05) is 162 Å². The number of hydrogen-bond donors (Lipinski definition) is 0. The summed E-state index contributed by atoms with van der Waals surface area (Å²) in [5, 5.41) is 0. The van der Waals surface area contributed by atoms with Crippen molar-refractivity contribution in [2.75, 3.05) is 0 Å². The molecule has 0 fully saturated rings. The topological polar surface area (TPSA) is 9.23 Å². The Morgan fingerprint density at radius 3 is 0.953 bits per heavy atom. The van der Waals surface area contributed by atoms with E-state index >= 15 is 0 Å². The lowest BCUT2D eigenvalue weighted by molar-refractivity contribution is 0.00539. The van der Waals surface area contributed by atoms with E-state index < -0.39 is 0 Å². The van der Waals surface area contributed by atoms with Crippen LogP contribution in [0.2, 0.25) is 0 Å². The maximum Gasteiger partial charge on any atom is 0.0793 e. The van der Waals surface area contributed by atoms with Gasteiger partial charge in [-0.3, -0.25) is 0 Å². The average Bonchev–Trinajstić information content (AvgIpc) is 2.76. The standard InChI is InChI=1S/C42H82O/c1-31(27-39(7,8)9)23-19-21-25-37(35(5)33(3)29-41(13,14)15)43-38(36(6)34(4)30-42(16,17)18)26-22-20-24-32(2)28-40(10,11)12/h31-34,37-38H,5-6,19-30H2,1-4,7-18H3. The highest BCUT2D eigenvalue weighted by atomic mass is 16.5. The second kappa shape index (κ2) is 18.6. The molecule has 6 unspecified atom stereocenters. The summed E-state index contributed by atoms with van der Waals surface area (Å²) >= 11 is 0. The van der Waals surface area contributed by atoms with E-state index in [2.05, 4.69) is 111 Å². The van der Waals surface area contributed by atoms with Crippen LogP contribution in [-0.2, 0) is 4.74 Å². The molecule has 0 N–H and O–H groups in total. The highest BCUT2D eigenvalue weighted by Gasteiger charge is 2.29. The van der Waals surface area contributed by atoms with Crippen LogP contribution in [0.15, 0.2) is 24.3 Å². The van der Waals surface area contributed by atoms with Crippen molar-refractivity contribution >= 4 is 0 Å². The van der Waals surface area contributed by atoms with E-state index in [9.17, 15) is 0 Å². The first kappa shape index (κ1) is 42.4. The Hall–Kier alpha value is -0.560. The lowest BCUT2D eigenvalue weighted by Gasteiger charge is -2.35. The smallest absolute Gasteiger partial charge is 0.0793 e. The summed E-state index contributed by atoms with van der Waals surface area (Å²) in [6.45, 7) is 47.4. The molecule has 0 saturated carbocycles. The Morgan fingerprint density at radius 1 is 0.442 bits per heavy atom. The zero-order valence-corrected chi connectivity index (χ0v) is 32.8. The zero-order valence-electron chi connectivity index (χ0n) is 32.8. The summed E-state index contributed by atoms with van der Waals surface area (Å²) in [7, 11) is 0. The van der Waals surface area contributed by atoms with Crippen molar-refractivity contribution in [3.8, 4) is 0 Å². The van der Waals surface area contributed by atoms with E-state index in [0.717, 1.165) is 37.5 Å². The Morgan fingerprint density at radius 2 is 0.698 bits per heavy atom. The van der Waals surface area contributed by atoms with E-state index in [-0.39, 0.29) is 23.0 Å². The minimum absolute atomic E-state index is 0.110. The lowest BCUT2D eigenvalue weighted by Crippen LogP contribution is -2.30. The van der Waals surface area contributed by atoms with Crippen molar-refractivity contribution in [1.29, 1.82) is 0 Å². The monoisotopic (exact) mass is 603 g/mol. The molecule has 0 aromatic heterocycles. The molecule has 1 heteroatoms. The molecule has 0 aliphatic heterocycles. The maximum atomic E-state index is 7.22. The molecule has 0 saturated heterocycles. The van der Waals surface area contributed by atoms with Gasteiger partial charge in [0.25, 0.3) is 0 Å². The van der Waals surface area contributed by atoms with Crippen molar-refractivity contribution in [3.63, 3.8) is 0 Å². The normalized spacial score (nSPS) is 17.7. The molecular formula is C42H82O. The minimum atomic E-state index is 0.110. The number of ether oxygens (including phenoxy) is 1. The van der Waals surface area contributed by atoms with E-state index in [4.69, 9.17) is 17.9 Å². The quantitative estimate of drug-likeness (QED) is 0.0994. The van der Waals surface area contributed by atoms with Gasteiger partial charge in [-0.25, -0.2) is 0 Å². The largest absolute Gasteiger partial charge is 0.366 e. The predicted molar refractivity (Wildman–Crippen MR) is 197 cm³/mol. The van der Waals surface area contributed by atoms with Crippen LogP contribution in [0.5, 0.6) is 0 Å². The third kappa shape index (κ3) is 22.6. The van der Waals surface area contributed by atoms with Gasteiger partial charge in [-0.05, 0) is 95.0 Å². The Kier molecular flexibility index (Phi) is 18.3. The van der Waals surface area contributed by atoms with Crippen molar-refractivity contribution in [2.24, 2.45) is 45.3 Å². The highest BCUT2D eigenvalue weighted by Crippen LogP contribution is 2.36. The average molecular weight is 603 g/mol. The van der Waals surface area contributed by atoms with Gasteiger partial charge in [-0.2, -0.15) is 0 Å². The minimum Gasteiger partial charge on any atom is -0.366 e. The molecule has 43 heavy (non-hydrogen) atoms. The molecule has 0 heterocycles. The van der Waals surface area contributed by atoms with Crippen LogP contribution in [0.3, 0.4) is 0 Å². The molecule has 1 nitrogen and oxygen atoms in total. The second-order valence-corrected chi connectivity index (χ2v) is 19.9. The van der Waals surface area contributed by atoms with Gasteiger partial charge in [0.05, 0.1) is 12.2 Å². The Labute approximate surface area is 273 Å². The molecule has 0 amide bonds. The van der Waals surface area contributed by atoms with Crippen LogP contribution in [-0.4, -0.2) is 12.2 Å². The number of hydrogen-bond acceptors (Lipinski definition) is 1. The van der Waals surface area contributed by atoms with Crippen LogP contribution in [0.1, 0.15) is 188 Å². The first-order valence-electron chi connectivity index (χ1n) is 18.3. The number of rotatable bonds is 20. The van der Waals surface area contributed by atoms with Crippen LogP contribution in [0, 0.1) is 45.3 Å². The number of unbranched alkanes of at least 4 members (excludes halogenated alkanes) is 2. The van der Waals surface area contributed by atoms with Crippen LogP contribution in [0.4, 0.5) is 0 Å². The van der Waals surface area contributed by atoms with Crippen molar-refractivity contribution in [2.45, 2.75) is 200 Å². The lowest BCUT2D eigenvalue weighted by atomic mass is 9.79. The van der Waals surface area contributed by atoms with Gasteiger partial charge < -0.3 is 4.74 Å². The summed E-state index contributed by atoms with van der Waals surface area (Å²) < 4.78 is 7.22. The molecule has 0 aromatic carbocycles. The summed E-state index contributed by atoms with van der Waals surface area (Å²) in [4.78, 5) is 0. The van der Waals surface area contributed by atoms with E-state index in [1.807, 2.05) is 0 Å². The first-order valence-corrected chi connectivity index (χ1v) is 18.3. The van der Waals surface area contributed by atoms with Gasteiger partial charge in [-0.15, -0.1) is 0 Å². The molecular weight excluding hydrogens is 520 g/mol. The summed E-state index contributed by atoms with van der Waals surface area (Å²) in [5.74, 6) is 2.44. The van der Waals surface area contributed by atoms with E-state index in [1.165, 1.54) is 62.5 Å². The van der Waals surface area contributed by atoms with Crippen LogP contribution >= 0.6 is 0 Å². The van der Waals surface area contributed by atoms with Crippen LogP contribution < -0.4 is 0 Å². The third-order valence-electron chi connectivity index (χ3n) is 9.01. The maximum absolute atomic E-state index is 7.22. The molecule has 0 aliphatic rings. The molecule has 0 bridgehead atoms. The Balaban J connectivity index is 5.76. The predicted octanol–water partition coefficient (Wildman–Crippen LogP) is 14.3. The molecule has 6 atom stereocenters. The van der Waals surface area contributed by atoms with Gasteiger partial charge in [0.15, 0.2) is 0 Å². The molecule has 0 rings (SSSR count).